The first-order valence-corrected chi connectivity index (χ1v) is 5.84. The summed E-state index contributed by atoms with van der Waals surface area (Å²) in [6, 6.07) is 7.72. The first kappa shape index (κ1) is 9.03. The molecule has 0 unspecified atom stereocenters. The molecule has 0 atom stereocenters. The number of carbonyl (C=O) groups excluding carboxylic acids is 1. The van der Waals surface area contributed by atoms with E-state index in [-0.39, 0.29) is 5.12 Å². The molecule has 1 heterocycles. The average molecular weight is 255 g/mol. The van der Waals surface area contributed by atoms with E-state index in [0.29, 0.717) is 0 Å². The molecule has 1 aromatic rings. The van der Waals surface area contributed by atoms with Gasteiger partial charge in [0.1, 0.15) is 0 Å². The zero-order valence-corrected chi connectivity index (χ0v) is 9.19. The van der Waals surface area contributed by atoms with Crippen molar-refractivity contribution in [3.05, 3.63) is 41.5 Å². The molecule has 1 aliphatic heterocycles. The first-order valence-electron chi connectivity index (χ1n) is 3.90. The Hall–Kier alpha value is -0.540. The Morgan fingerprint density at radius 1 is 1.31 bits per heavy atom. The summed E-state index contributed by atoms with van der Waals surface area (Å²) in [4.78, 5) is 12.5. The van der Waals surface area contributed by atoms with Crippen LogP contribution in [0.5, 0.6) is 0 Å². The molecule has 1 nitrogen and oxygen atoms in total. The Morgan fingerprint density at radius 3 is 2.69 bits per heavy atom. The number of hydrogen-bond acceptors (Lipinski definition) is 2. The Bertz CT molecular complexity index is 384. The van der Waals surface area contributed by atoms with Gasteiger partial charge in [-0.05, 0) is 23.4 Å². The van der Waals surface area contributed by atoms with Crippen LogP contribution >= 0.6 is 27.7 Å². The van der Waals surface area contributed by atoms with Gasteiger partial charge >= 0.3 is 0 Å². The summed E-state index contributed by atoms with van der Waals surface area (Å²) in [5.74, 6) is 0. The number of fused-ring (bicyclic) bond motifs is 1. The van der Waals surface area contributed by atoms with Crippen LogP contribution < -0.4 is 0 Å². The monoisotopic (exact) mass is 254 g/mol. The number of rotatable bonds is 1. The van der Waals surface area contributed by atoms with Crippen molar-refractivity contribution in [1.29, 1.82) is 0 Å². The van der Waals surface area contributed by atoms with Gasteiger partial charge < -0.3 is 0 Å². The van der Waals surface area contributed by atoms with Crippen molar-refractivity contribution in [2.24, 2.45) is 0 Å². The minimum atomic E-state index is 0.155. The number of carbonyl (C=O) groups is 1. The number of hydrogen-bond donors (Lipinski definition) is 0. The van der Waals surface area contributed by atoms with Gasteiger partial charge in [0.25, 0.3) is 0 Å². The van der Waals surface area contributed by atoms with E-state index in [0.717, 1.165) is 21.4 Å². The second-order valence-electron chi connectivity index (χ2n) is 2.66. The van der Waals surface area contributed by atoms with Gasteiger partial charge in [-0.15, -0.1) is 0 Å². The third kappa shape index (κ3) is 1.58. The first-order chi connectivity index (χ1) is 6.33. The van der Waals surface area contributed by atoms with E-state index in [1.807, 2.05) is 30.3 Å². The molecule has 1 aromatic carbocycles. The Morgan fingerprint density at radius 2 is 2.00 bits per heavy atom. The highest BCUT2D eigenvalue weighted by Gasteiger charge is 2.23. The molecule has 66 valence electrons. The molecule has 1 aliphatic rings. The molecule has 0 bridgehead atoms. The number of benzene rings is 1. The maximum atomic E-state index is 11.5. The summed E-state index contributed by atoms with van der Waals surface area (Å²) in [6.07, 6.45) is 2.02. The van der Waals surface area contributed by atoms with Crippen LogP contribution in [0.3, 0.4) is 0 Å². The van der Waals surface area contributed by atoms with Gasteiger partial charge in [0, 0.05) is 15.8 Å². The second-order valence-corrected chi connectivity index (χ2v) is 4.32. The van der Waals surface area contributed by atoms with Crippen LogP contribution in [0.1, 0.15) is 15.9 Å². The quantitative estimate of drug-likeness (QED) is 0.716. The SMILES string of the molecule is O=C1S/C(=C\CBr)c2ccccc21. The molecule has 0 fully saturated rings. The highest BCUT2D eigenvalue weighted by Crippen LogP contribution is 2.40. The fourth-order valence-electron chi connectivity index (χ4n) is 1.31. The summed E-state index contributed by atoms with van der Waals surface area (Å²) in [7, 11) is 0. The van der Waals surface area contributed by atoms with E-state index in [1.165, 1.54) is 11.8 Å². The predicted molar refractivity (Wildman–Crippen MR) is 60.1 cm³/mol. The third-order valence-corrected chi connectivity index (χ3v) is 3.21. The van der Waals surface area contributed by atoms with Crippen LogP contribution in [0, 0.1) is 0 Å². The normalized spacial score (nSPS) is 17.9. The van der Waals surface area contributed by atoms with E-state index >= 15 is 0 Å². The van der Waals surface area contributed by atoms with Gasteiger partial charge in [0.15, 0.2) is 0 Å². The predicted octanol–water partition coefficient (Wildman–Crippen LogP) is 3.31. The number of allylic oxidation sites excluding steroid dienone is 1. The summed E-state index contributed by atoms with van der Waals surface area (Å²) in [6.45, 7) is 0. The van der Waals surface area contributed by atoms with Crippen molar-refractivity contribution in [3.8, 4) is 0 Å². The molecule has 0 radical (unpaired) electrons. The maximum absolute atomic E-state index is 11.5. The van der Waals surface area contributed by atoms with E-state index in [2.05, 4.69) is 15.9 Å². The third-order valence-electron chi connectivity index (χ3n) is 1.88. The minimum Gasteiger partial charge on any atom is -0.281 e. The topological polar surface area (TPSA) is 17.1 Å². The number of alkyl halides is 1. The zero-order valence-electron chi connectivity index (χ0n) is 6.79. The van der Waals surface area contributed by atoms with Crippen molar-refractivity contribution in [2.45, 2.75) is 0 Å². The number of thioether (sulfide) groups is 1. The molecular weight excluding hydrogens is 248 g/mol. The van der Waals surface area contributed by atoms with Crippen LogP contribution in [0.15, 0.2) is 30.3 Å². The summed E-state index contributed by atoms with van der Waals surface area (Å²) < 4.78 is 0. The lowest BCUT2D eigenvalue weighted by molar-refractivity contribution is 0.109. The molecule has 13 heavy (non-hydrogen) atoms. The van der Waals surface area contributed by atoms with Crippen molar-refractivity contribution in [2.75, 3.05) is 5.33 Å². The minimum absolute atomic E-state index is 0.155. The Labute approximate surface area is 89.3 Å². The smallest absolute Gasteiger partial charge is 0.224 e. The standard InChI is InChI=1S/C10H7BrOS/c11-6-5-9-7-3-1-2-4-8(7)10(12)13-9/h1-5H,6H2/b9-5-. The molecule has 3 heteroatoms. The molecule has 0 saturated heterocycles. The van der Waals surface area contributed by atoms with Crippen LogP contribution in [0.4, 0.5) is 0 Å². The largest absolute Gasteiger partial charge is 0.281 e. The van der Waals surface area contributed by atoms with Gasteiger partial charge in [-0.25, -0.2) is 0 Å². The van der Waals surface area contributed by atoms with Gasteiger partial charge in [-0.1, -0.05) is 40.2 Å². The van der Waals surface area contributed by atoms with E-state index in [4.69, 9.17) is 0 Å². The van der Waals surface area contributed by atoms with Gasteiger partial charge in [-0.2, -0.15) is 0 Å². The van der Waals surface area contributed by atoms with Crippen molar-refractivity contribution in [1.82, 2.24) is 0 Å². The van der Waals surface area contributed by atoms with E-state index in [1.54, 1.807) is 0 Å². The Balaban J connectivity index is 2.53. The zero-order chi connectivity index (χ0) is 9.26. The fraction of sp³-hybridized carbons (Fsp3) is 0.100. The highest BCUT2D eigenvalue weighted by molar-refractivity contribution is 9.09. The molecular formula is C10H7BrOS. The molecule has 0 amide bonds. The maximum Gasteiger partial charge on any atom is 0.224 e. The lowest BCUT2D eigenvalue weighted by Gasteiger charge is -1.95. The lowest BCUT2D eigenvalue weighted by atomic mass is 10.1. The molecule has 0 saturated carbocycles. The molecule has 0 spiro atoms. The van der Waals surface area contributed by atoms with Crippen molar-refractivity contribution >= 4 is 37.7 Å². The van der Waals surface area contributed by atoms with Gasteiger partial charge in [0.2, 0.25) is 5.12 Å². The lowest BCUT2D eigenvalue weighted by Crippen LogP contribution is -1.85. The Kier molecular flexibility index (Phi) is 2.56. The van der Waals surface area contributed by atoms with Crippen LogP contribution in [-0.4, -0.2) is 10.4 Å². The fourth-order valence-corrected chi connectivity index (χ4v) is 2.79. The van der Waals surface area contributed by atoms with Crippen molar-refractivity contribution in [3.63, 3.8) is 0 Å². The molecule has 0 N–H and O–H groups in total. The summed E-state index contributed by atoms with van der Waals surface area (Å²) in [5, 5.41) is 0.944. The van der Waals surface area contributed by atoms with E-state index in [9.17, 15) is 4.79 Å². The highest BCUT2D eigenvalue weighted by atomic mass is 79.9. The second kappa shape index (κ2) is 3.68. The molecule has 0 aromatic heterocycles. The average Bonchev–Trinajstić information content (AvgIpc) is 2.46. The molecule has 2 rings (SSSR count). The van der Waals surface area contributed by atoms with E-state index < -0.39 is 0 Å². The van der Waals surface area contributed by atoms with Crippen LogP contribution in [0.25, 0.3) is 4.91 Å². The van der Waals surface area contributed by atoms with Crippen molar-refractivity contribution < 1.29 is 4.79 Å². The van der Waals surface area contributed by atoms with Crippen LogP contribution in [0.2, 0.25) is 0 Å². The molecule has 0 aliphatic carbocycles. The number of halogens is 1. The summed E-state index contributed by atoms with van der Waals surface area (Å²) >= 11 is 4.64. The van der Waals surface area contributed by atoms with Crippen LogP contribution in [-0.2, 0) is 0 Å². The summed E-state index contributed by atoms with van der Waals surface area (Å²) in [5.41, 5.74) is 1.90. The van der Waals surface area contributed by atoms with Gasteiger partial charge in [0.05, 0.1) is 0 Å². The van der Waals surface area contributed by atoms with Gasteiger partial charge in [-0.3, -0.25) is 4.79 Å².